The monoisotopic (exact) mass is 414 g/mol. The van der Waals surface area contributed by atoms with Crippen LogP contribution in [0.3, 0.4) is 0 Å². The minimum absolute atomic E-state index is 0.0421. The minimum Gasteiger partial charge on any atom is -0.355 e. The van der Waals surface area contributed by atoms with Crippen LogP contribution in [-0.2, 0) is 27.7 Å². The molecule has 2 aromatic rings. The molecule has 0 aromatic heterocycles. The van der Waals surface area contributed by atoms with E-state index in [2.05, 4.69) is 21.2 Å². The highest BCUT2D eigenvalue weighted by Crippen LogP contribution is 2.16. The molecule has 0 fully saturated rings. The minimum atomic E-state index is -3.70. The maximum atomic E-state index is 13.6. The first kappa shape index (κ1) is 18.6. The standard InChI is InChI=1S/C16H16BrFN2O3S/c17-13-3-6-15(18)12(9-13)10-16(21)20-8-7-11-1-4-14(5-2-11)24(19,22)23/h1-6,9H,7-8,10H2,(H,20,21)(H2,19,22,23). The van der Waals surface area contributed by atoms with Crippen molar-refractivity contribution >= 4 is 31.9 Å². The zero-order chi connectivity index (χ0) is 17.7. The zero-order valence-electron chi connectivity index (χ0n) is 12.6. The molecule has 1 amide bonds. The maximum Gasteiger partial charge on any atom is 0.238 e. The number of amides is 1. The van der Waals surface area contributed by atoms with Crippen molar-refractivity contribution in [3.8, 4) is 0 Å². The van der Waals surface area contributed by atoms with Crippen LogP contribution in [0.2, 0.25) is 0 Å². The third-order valence-corrected chi connectivity index (χ3v) is 4.77. The van der Waals surface area contributed by atoms with E-state index in [1.807, 2.05) is 0 Å². The lowest BCUT2D eigenvalue weighted by molar-refractivity contribution is -0.120. The lowest BCUT2D eigenvalue weighted by Crippen LogP contribution is -2.27. The van der Waals surface area contributed by atoms with E-state index < -0.39 is 15.8 Å². The Kier molecular flexibility index (Phi) is 6.09. The van der Waals surface area contributed by atoms with Gasteiger partial charge in [-0.3, -0.25) is 4.79 Å². The van der Waals surface area contributed by atoms with E-state index in [4.69, 9.17) is 5.14 Å². The number of sulfonamides is 1. The number of benzene rings is 2. The fourth-order valence-electron chi connectivity index (χ4n) is 2.11. The summed E-state index contributed by atoms with van der Waals surface area (Å²) in [7, 11) is -3.70. The molecule has 3 N–H and O–H groups in total. The average Bonchev–Trinajstić information content (AvgIpc) is 2.50. The molecule has 0 heterocycles. The molecule has 0 saturated heterocycles. The molecule has 8 heteroatoms. The van der Waals surface area contributed by atoms with Gasteiger partial charge in [0.25, 0.3) is 0 Å². The lowest BCUT2D eigenvalue weighted by atomic mass is 10.1. The first-order chi connectivity index (χ1) is 11.3. The number of primary sulfonamides is 1. The van der Waals surface area contributed by atoms with Crippen molar-refractivity contribution in [2.24, 2.45) is 5.14 Å². The summed E-state index contributed by atoms with van der Waals surface area (Å²) < 4.78 is 36.6. The van der Waals surface area contributed by atoms with Gasteiger partial charge in [0.1, 0.15) is 5.82 Å². The Hall–Kier alpha value is -1.77. The largest absolute Gasteiger partial charge is 0.355 e. The normalized spacial score (nSPS) is 11.3. The number of nitrogens with one attached hydrogen (secondary N) is 1. The second-order valence-corrected chi connectivity index (χ2v) is 7.68. The summed E-state index contributed by atoms with van der Waals surface area (Å²) in [4.78, 5) is 11.9. The molecule has 2 rings (SSSR count). The number of carbonyl (C=O) groups is 1. The summed E-state index contributed by atoms with van der Waals surface area (Å²) in [5, 5.41) is 7.73. The number of carbonyl (C=O) groups excluding carboxylic acids is 1. The fourth-order valence-corrected chi connectivity index (χ4v) is 3.03. The third kappa shape index (κ3) is 5.40. The lowest BCUT2D eigenvalue weighted by Gasteiger charge is -2.07. The molecule has 0 radical (unpaired) electrons. The van der Waals surface area contributed by atoms with Crippen molar-refractivity contribution < 1.29 is 17.6 Å². The first-order valence-electron chi connectivity index (χ1n) is 7.08. The quantitative estimate of drug-likeness (QED) is 0.758. The number of halogens is 2. The molecule has 5 nitrogen and oxygen atoms in total. The second kappa shape index (κ2) is 7.87. The summed E-state index contributed by atoms with van der Waals surface area (Å²) in [6.07, 6.45) is 0.479. The van der Waals surface area contributed by atoms with Crippen LogP contribution in [-0.4, -0.2) is 20.9 Å². The fraction of sp³-hybridized carbons (Fsp3) is 0.188. The molecule has 2 aromatic carbocycles. The third-order valence-electron chi connectivity index (χ3n) is 3.35. The predicted molar refractivity (Wildman–Crippen MR) is 92.3 cm³/mol. The topological polar surface area (TPSA) is 89.3 Å². The average molecular weight is 415 g/mol. The van der Waals surface area contributed by atoms with Gasteiger partial charge in [0.05, 0.1) is 11.3 Å². The van der Waals surface area contributed by atoms with Crippen molar-refractivity contribution in [3.63, 3.8) is 0 Å². The van der Waals surface area contributed by atoms with Crippen LogP contribution in [0.25, 0.3) is 0 Å². The Morgan fingerprint density at radius 2 is 1.83 bits per heavy atom. The van der Waals surface area contributed by atoms with E-state index >= 15 is 0 Å². The maximum absolute atomic E-state index is 13.6. The Labute approximate surface area is 148 Å². The van der Waals surface area contributed by atoms with E-state index in [0.717, 1.165) is 5.56 Å². The van der Waals surface area contributed by atoms with Gasteiger partial charge in [-0.2, -0.15) is 0 Å². The van der Waals surface area contributed by atoms with Gasteiger partial charge in [0.2, 0.25) is 15.9 Å². The molecule has 0 spiro atoms. The van der Waals surface area contributed by atoms with E-state index in [-0.39, 0.29) is 17.2 Å². The SMILES string of the molecule is NS(=O)(=O)c1ccc(CCNC(=O)Cc2cc(Br)ccc2F)cc1. The zero-order valence-corrected chi connectivity index (χ0v) is 15.0. The second-order valence-electron chi connectivity index (χ2n) is 5.20. The number of nitrogens with two attached hydrogens (primary N) is 1. The summed E-state index contributed by atoms with van der Waals surface area (Å²) in [6, 6.07) is 10.6. The van der Waals surface area contributed by atoms with Gasteiger partial charge < -0.3 is 5.32 Å². The molecule has 0 bridgehead atoms. The molecule has 128 valence electrons. The van der Waals surface area contributed by atoms with Crippen LogP contribution in [0.1, 0.15) is 11.1 Å². The van der Waals surface area contributed by atoms with Gasteiger partial charge in [0, 0.05) is 11.0 Å². The molecule has 0 unspecified atom stereocenters. The van der Waals surface area contributed by atoms with Gasteiger partial charge in [-0.25, -0.2) is 17.9 Å². The molecular weight excluding hydrogens is 399 g/mol. The Balaban J connectivity index is 1.85. The summed E-state index contributed by atoms with van der Waals surface area (Å²) >= 11 is 3.24. The van der Waals surface area contributed by atoms with Crippen molar-refractivity contribution in [1.82, 2.24) is 5.32 Å². The van der Waals surface area contributed by atoms with Crippen LogP contribution in [0.4, 0.5) is 4.39 Å². The summed E-state index contributed by atoms with van der Waals surface area (Å²) in [5.41, 5.74) is 1.18. The molecule has 24 heavy (non-hydrogen) atoms. The van der Waals surface area contributed by atoms with Gasteiger partial charge in [0.15, 0.2) is 0 Å². The van der Waals surface area contributed by atoms with E-state index in [1.54, 1.807) is 24.3 Å². The van der Waals surface area contributed by atoms with E-state index in [1.165, 1.54) is 18.2 Å². The van der Waals surface area contributed by atoms with Crippen LogP contribution >= 0.6 is 15.9 Å². The summed E-state index contributed by atoms with van der Waals surface area (Å²) in [6.45, 7) is 0.364. The Morgan fingerprint density at radius 3 is 2.46 bits per heavy atom. The van der Waals surface area contributed by atoms with Gasteiger partial charge in [-0.15, -0.1) is 0 Å². The predicted octanol–water partition coefficient (Wildman–Crippen LogP) is 2.14. The van der Waals surface area contributed by atoms with Crippen molar-refractivity contribution in [3.05, 3.63) is 63.9 Å². The van der Waals surface area contributed by atoms with Crippen molar-refractivity contribution in [2.45, 2.75) is 17.7 Å². The number of hydrogen-bond acceptors (Lipinski definition) is 3. The molecular formula is C16H16BrFN2O3S. The van der Waals surface area contributed by atoms with Crippen LogP contribution in [0.5, 0.6) is 0 Å². The highest BCUT2D eigenvalue weighted by Gasteiger charge is 2.09. The van der Waals surface area contributed by atoms with E-state index in [9.17, 15) is 17.6 Å². The molecule has 0 atom stereocenters. The van der Waals surface area contributed by atoms with Crippen molar-refractivity contribution in [1.29, 1.82) is 0 Å². The Bertz CT molecular complexity index is 839. The van der Waals surface area contributed by atoms with Gasteiger partial charge in [-0.1, -0.05) is 28.1 Å². The molecule has 0 aliphatic carbocycles. The number of hydrogen-bond donors (Lipinski definition) is 2. The van der Waals surface area contributed by atoms with Crippen LogP contribution in [0.15, 0.2) is 51.8 Å². The van der Waals surface area contributed by atoms with Gasteiger partial charge in [-0.05, 0) is 47.9 Å². The molecule has 0 saturated carbocycles. The van der Waals surface area contributed by atoms with Crippen molar-refractivity contribution in [2.75, 3.05) is 6.54 Å². The van der Waals surface area contributed by atoms with Crippen LogP contribution < -0.4 is 10.5 Å². The van der Waals surface area contributed by atoms with Gasteiger partial charge >= 0.3 is 0 Å². The molecule has 0 aliphatic rings. The highest BCUT2D eigenvalue weighted by atomic mass is 79.9. The van der Waals surface area contributed by atoms with Crippen LogP contribution in [0, 0.1) is 5.82 Å². The smallest absolute Gasteiger partial charge is 0.238 e. The van der Waals surface area contributed by atoms with E-state index in [0.29, 0.717) is 23.0 Å². The molecule has 0 aliphatic heterocycles. The highest BCUT2D eigenvalue weighted by molar-refractivity contribution is 9.10. The summed E-state index contributed by atoms with van der Waals surface area (Å²) in [5.74, 6) is -0.708. The number of rotatable bonds is 6. The Morgan fingerprint density at radius 1 is 1.17 bits per heavy atom. The first-order valence-corrected chi connectivity index (χ1v) is 9.42.